The average molecular weight is 435 g/mol. The summed E-state index contributed by atoms with van der Waals surface area (Å²) in [7, 11) is 0. The Morgan fingerprint density at radius 2 is 1.88 bits per heavy atom. The van der Waals surface area contributed by atoms with Crippen molar-refractivity contribution in [2.75, 3.05) is 18.8 Å². The second-order valence-corrected chi connectivity index (χ2v) is 8.49. The molecular formula is C25H27FN4O2. The molecule has 0 atom stereocenters. The number of piperidine rings is 1. The van der Waals surface area contributed by atoms with Gasteiger partial charge in [-0.05, 0) is 67.6 Å². The normalized spacial score (nSPS) is 15.6. The highest BCUT2D eigenvalue weighted by atomic mass is 19.1. The summed E-state index contributed by atoms with van der Waals surface area (Å²) in [6.45, 7) is 4.59. The van der Waals surface area contributed by atoms with Crippen molar-refractivity contribution in [3.63, 3.8) is 0 Å². The van der Waals surface area contributed by atoms with Gasteiger partial charge in [0, 0.05) is 42.3 Å². The number of carbonyl (C=O) groups excluding carboxylic acids is 1. The van der Waals surface area contributed by atoms with Crippen molar-refractivity contribution >= 4 is 11.7 Å². The summed E-state index contributed by atoms with van der Waals surface area (Å²) < 4.78 is 15.1. The van der Waals surface area contributed by atoms with Crippen LogP contribution < -0.4 is 5.73 Å². The third kappa shape index (κ3) is 4.34. The Hall–Kier alpha value is -3.32. The number of amides is 1. The lowest BCUT2D eigenvalue weighted by molar-refractivity contribution is -0.00213. The van der Waals surface area contributed by atoms with Crippen LogP contribution in [-0.4, -0.2) is 44.6 Å². The number of nitrogens with two attached hydrogens (primary N) is 1. The van der Waals surface area contributed by atoms with Crippen LogP contribution >= 0.6 is 0 Å². The van der Waals surface area contributed by atoms with E-state index in [4.69, 9.17) is 5.73 Å². The topological polar surface area (TPSA) is 92.3 Å². The minimum atomic E-state index is -0.773. The molecule has 32 heavy (non-hydrogen) atoms. The molecule has 166 valence electrons. The van der Waals surface area contributed by atoms with Gasteiger partial charge in [-0.1, -0.05) is 13.0 Å². The molecule has 1 aliphatic heterocycles. The zero-order valence-electron chi connectivity index (χ0n) is 18.3. The predicted octanol–water partition coefficient (Wildman–Crippen LogP) is 4.08. The van der Waals surface area contributed by atoms with Gasteiger partial charge in [0.25, 0.3) is 5.91 Å². The molecule has 3 heterocycles. The average Bonchev–Trinajstić information content (AvgIpc) is 2.78. The minimum Gasteiger partial charge on any atom is -0.390 e. The first-order valence-electron chi connectivity index (χ1n) is 10.8. The quantitative estimate of drug-likeness (QED) is 0.646. The highest BCUT2D eigenvalue weighted by molar-refractivity contribution is 5.95. The molecule has 3 aromatic rings. The Labute approximate surface area is 186 Å². The molecule has 3 N–H and O–H groups in total. The largest absolute Gasteiger partial charge is 0.390 e. The predicted molar refractivity (Wildman–Crippen MR) is 122 cm³/mol. The SMILES string of the molecule is CCc1nccc(-c2ccc(C(=O)N3CCC(C)(O)CC3)c(F)c2)c1-c1ccc(N)nc1. The summed E-state index contributed by atoms with van der Waals surface area (Å²) in [5.41, 5.74) is 9.07. The maximum atomic E-state index is 15.1. The van der Waals surface area contributed by atoms with Crippen LogP contribution in [0.1, 0.15) is 42.7 Å². The molecule has 0 spiro atoms. The van der Waals surface area contributed by atoms with Gasteiger partial charge in [-0.2, -0.15) is 0 Å². The monoisotopic (exact) mass is 434 g/mol. The van der Waals surface area contributed by atoms with Crippen LogP contribution in [0.3, 0.4) is 0 Å². The van der Waals surface area contributed by atoms with Gasteiger partial charge in [0.15, 0.2) is 0 Å². The van der Waals surface area contributed by atoms with Gasteiger partial charge >= 0.3 is 0 Å². The van der Waals surface area contributed by atoms with Crippen LogP contribution in [0.4, 0.5) is 10.2 Å². The summed E-state index contributed by atoms with van der Waals surface area (Å²) in [5, 5.41) is 10.1. The van der Waals surface area contributed by atoms with Crippen LogP contribution in [0.5, 0.6) is 0 Å². The fourth-order valence-corrected chi connectivity index (χ4v) is 4.11. The number of aliphatic hydroxyl groups is 1. The molecular weight excluding hydrogens is 407 g/mol. The number of nitrogen functional groups attached to an aromatic ring is 1. The van der Waals surface area contributed by atoms with Crippen LogP contribution in [0.15, 0.2) is 48.8 Å². The van der Waals surface area contributed by atoms with Crippen LogP contribution in [0.2, 0.25) is 0 Å². The van der Waals surface area contributed by atoms with Crippen molar-refractivity contribution < 1.29 is 14.3 Å². The minimum absolute atomic E-state index is 0.0377. The van der Waals surface area contributed by atoms with Crippen LogP contribution in [0, 0.1) is 5.82 Å². The van der Waals surface area contributed by atoms with E-state index in [0.29, 0.717) is 43.7 Å². The van der Waals surface area contributed by atoms with E-state index in [2.05, 4.69) is 9.97 Å². The highest BCUT2D eigenvalue weighted by Gasteiger charge is 2.31. The van der Waals surface area contributed by atoms with Gasteiger partial charge in [-0.15, -0.1) is 0 Å². The van der Waals surface area contributed by atoms with E-state index < -0.39 is 11.4 Å². The van der Waals surface area contributed by atoms with E-state index in [0.717, 1.165) is 22.4 Å². The molecule has 1 aliphatic rings. The highest BCUT2D eigenvalue weighted by Crippen LogP contribution is 2.35. The van der Waals surface area contributed by atoms with Gasteiger partial charge in [-0.3, -0.25) is 9.78 Å². The third-order valence-corrected chi connectivity index (χ3v) is 6.08. The number of halogens is 1. The number of carbonyl (C=O) groups is 1. The number of likely N-dealkylation sites (tertiary alicyclic amines) is 1. The molecule has 0 unspecified atom stereocenters. The summed E-state index contributed by atoms with van der Waals surface area (Å²) in [5.74, 6) is -0.497. The van der Waals surface area contributed by atoms with Crippen molar-refractivity contribution in [1.82, 2.24) is 14.9 Å². The van der Waals surface area contributed by atoms with Crippen molar-refractivity contribution in [1.29, 1.82) is 0 Å². The maximum absolute atomic E-state index is 15.1. The van der Waals surface area contributed by atoms with Crippen molar-refractivity contribution in [3.8, 4) is 22.3 Å². The summed E-state index contributed by atoms with van der Waals surface area (Å²) >= 11 is 0. The van der Waals surface area contributed by atoms with Crippen molar-refractivity contribution in [2.24, 2.45) is 0 Å². The molecule has 6 nitrogen and oxygen atoms in total. The lowest BCUT2D eigenvalue weighted by Crippen LogP contribution is -2.45. The molecule has 1 fully saturated rings. The first-order chi connectivity index (χ1) is 15.3. The Morgan fingerprint density at radius 1 is 1.16 bits per heavy atom. The molecule has 2 aromatic heterocycles. The number of nitrogens with zero attached hydrogens (tertiary/aromatic N) is 3. The van der Waals surface area contributed by atoms with Gasteiger partial charge < -0.3 is 15.7 Å². The van der Waals surface area contributed by atoms with E-state index in [9.17, 15) is 9.90 Å². The number of anilines is 1. The van der Waals surface area contributed by atoms with E-state index in [-0.39, 0.29) is 11.5 Å². The first kappa shape index (κ1) is 21.9. The Kier molecular flexibility index (Phi) is 5.93. The van der Waals surface area contributed by atoms with E-state index in [1.165, 1.54) is 12.1 Å². The Bertz CT molecular complexity index is 1140. The van der Waals surface area contributed by atoms with E-state index in [1.807, 2.05) is 19.1 Å². The fraction of sp³-hybridized carbons (Fsp3) is 0.320. The molecule has 7 heteroatoms. The second-order valence-electron chi connectivity index (χ2n) is 8.49. The van der Waals surface area contributed by atoms with E-state index in [1.54, 1.807) is 36.4 Å². The number of aryl methyl sites for hydroxylation is 1. The fourth-order valence-electron chi connectivity index (χ4n) is 4.11. The zero-order chi connectivity index (χ0) is 22.9. The number of hydrogen-bond acceptors (Lipinski definition) is 5. The molecule has 4 rings (SSSR count). The Balaban J connectivity index is 1.69. The number of aromatic nitrogens is 2. The zero-order valence-corrected chi connectivity index (χ0v) is 18.3. The summed E-state index contributed by atoms with van der Waals surface area (Å²) in [6, 6.07) is 10.1. The number of pyridine rings is 2. The van der Waals surface area contributed by atoms with Crippen LogP contribution in [0.25, 0.3) is 22.3 Å². The molecule has 1 aromatic carbocycles. The van der Waals surface area contributed by atoms with Gasteiger partial charge in [0.1, 0.15) is 11.6 Å². The smallest absolute Gasteiger partial charge is 0.256 e. The molecule has 0 aliphatic carbocycles. The first-order valence-corrected chi connectivity index (χ1v) is 10.8. The molecule has 0 saturated carbocycles. The summed E-state index contributed by atoms with van der Waals surface area (Å²) in [6.07, 6.45) is 5.06. The molecule has 0 radical (unpaired) electrons. The standard InChI is InChI=1S/C25H27FN4O2/c1-3-21-23(17-5-7-22(27)29-15-17)18(8-11-28-21)16-4-6-19(20(26)14-16)24(31)30-12-9-25(2,32)10-13-30/h4-8,11,14-15,32H,3,9-10,12-13H2,1-2H3,(H2,27,29). The molecule has 1 amide bonds. The molecule has 1 saturated heterocycles. The molecule has 0 bridgehead atoms. The third-order valence-electron chi connectivity index (χ3n) is 6.08. The lowest BCUT2D eigenvalue weighted by atomic mass is 9.92. The van der Waals surface area contributed by atoms with Crippen molar-refractivity contribution in [3.05, 3.63) is 65.9 Å². The number of benzene rings is 1. The number of hydrogen-bond donors (Lipinski definition) is 2. The van der Waals surface area contributed by atoms with Crippen molar-refractivity contribution in [2.45, 2.75) is 38.7 Å². The van der Waals surface area contributed by atoms with Gasteiger partial charge in [-0.25, -0.2) is 9.37 Å². The van der Waals surface area contributed by atoms with Crippen LogP contribution in [-0.2, 0) is 6.42 Å². The second kappa shape index (κ2) is 8.67. The summed E-state index contributed by atoms with van der Waals surface area (Å²) in [4.78, 5) is 23.2. The number of rotatable bonds is 4. The van der Waals surface area contributed by atoms with Gasteiger partial charge in [0.2, 0.25) is 0 Å². The maximum Gasteiger partial charge on any atom is 0.256 e. The van der Waals surface area contributed by atoms with E-state index >= 15 is 4.39 Å². The van der Waals surface area contributed by atoms with Gasteiger partial charge in [0.05, 0.1) is 11.2 Å². The lowest BCUT2D eigenvalue weighted by Gasteiger charge is -2.35. The Morgan fingerprint density at radius 3 is 2.50 bits per heavy atom.